The SMILES string of the molecule is O=Cc1ccc(C(F)(F)F)c(C(F)(F)F)c1C(=O)O. The number of halogens is 6. The highest BCUT2D eigenvalue weighted by molar-refractivity contribution is 5.99. The molecule has 0 aliphatic heterocycles. The van der Waals surface area contributed by atoms with Crippen LogP contribution in [0.2, 0.25) is 0 Å². The van der Waals surface area contributed by atoms with E-state index >= 15 is 0 Å². The zero-order chi connectivity index (χ0) is 15.0. The second-order valence-corrected chi connectivity index (χ2v) is 3.37. The first-order valence-corrected chi connectivity index (χ1v) is 4.50. The molecule has 9 heteroatoms. The number of hydrogen-bond acceptors (Lipinski definition) is 2. The number of carboxylic acids is 1. The lowest BCUT2D eigenvalue weighted by Gasteiger charge is -2.18. The Labute approximate surface area is 101 Å². The molecule has 0 aliphatic rings. The van der Waals surface area contributed by atoms with E-state index in [1.807, 2.05) is 0 Å². The Morgan fingerprint density at radius 1 is 1.05 bits per heavy atom. The molecule has 0 saturated carbocycles. The van der Waals surface area contributed by atoms with Gasteiger partial charge in [0.1, 0.15) is 0 Å². The van der Waals surface area contributed by atoms with Crippen LogP contribution in [0, 0.1) is 0 Å². The largest absolute Gasteiger partial charge is 0.478 e. The van der Waals surface area contributed by atoms with E-state index in [0.717, 1.165) is 0 Å². The van der Waals surface area contributed by atoms with Crippen molar-refractivity contribution < 1.29 is 41.0 Å². The summed E-state index contributed by atoms with van der Waals surface area (Å²) in [5.74, 6) is -2.26. The first kappa shape index (κ1) is 15.0. The number of benzene rings is 1. The molecular weight excluding hydrogens is 282 g/mol. The minimum atomic E-state index is -5.56. The highest BCUT2D eigenvalue weighted by Gasteiger charge is 2.46. The zero-order valence-corrected chi connectivity index (χ0v) is 8.76. The van der Waals surface area contributed by atoms with Crippen LogP contribution in [0.4, 0.5) is 26.3 Å². The summed E-state index contributed by atoms with van der Waals surface area (Å²) in [6.07, 6.45) is -11.2. The number of alkyl halides is 6. The maximum atomic E-state index is 12.6. The summed E-state index contributed by atoms with van der Waals surface area (Å²) in [7, 11) is 0. The molecule has 0 unspecified atom stereocenters. The van der Waals surface area contributed by atoms with Gasteiger partial charge in [-0.15, -0.1) is 0 Å². The monoisotopic (exact) mass is 286 g/mol. The van der Waals surface area contributed by atoms with Crippen LogP contribution in [-0.4, -0.2) is 17.4 Å². The van der Waals surface area contributed by atoms with Gasteiger partial charge in [0.25, 0.3) is 0 Å². The Kier molecular flexibility index (Phi) is 3.60. The molecule has 0 saturated heterocycles. The summed E-state index contributed by atoms with van der Waals surface area (Å²) < 4.78 is 75.3. The number of rotatable bonds is 2. The summed E-state index contributed by atoms with van der Waals surface area (Å²) in [6.45, 7) is 0. The fraction of sp³-hybridized carbons (Fsp3) is 0.200. The number of carboxylic acid groups (broad SMARTS) is 1. The quantitative estimate of drug-likeness (QED) is 0.670. The van der Waals surface area contributed by atoms with E-state index in [-0.39, 0.29) is 12.4 Å². The lowest BCUT2D eigenvalue weighted by atomic mass is 9.95. The van der Waals surface area contributed by atoms with Crippen molar-refractivity contribution in [3.63, 3.8) is 0 Å². The number of carbonyl (C=O) groups excluding carboxylic acids is 1. The third kappa shape index (κ3) is 2.85. The molecule has 0 bridgehead atoms. The average molecular weight is 286 g/mol. The topological polar surface area (TPSA) is 54.4 Å². The van der Waals surface area contributed by atoms with Crippen LogP contribution >= 0.6 is 0 Å². The van der Waals surface area contributed by atoms with E-state index in [1.165, 1.54) is 0 Å². The summed E-state index contributed by atoms with van der Waals surface area (Å²) >= 11 is 0. The Morgan fingerprint density at radius 2 is 1.58 bits per heavy atom. The van der Waals surface area contributed by atoms with E-state index in [1.54, 1.807) is 0 Å². The highest BCUT2D eigenvalue weighted by Crippen LogP contribution is 2.42. The van der Waals surface area contributed by atoms with Crippen molar-refractivity contribution in [2.45, 2.75) is 12.4 Å². The number of aldehydes is 1. The van der Waals surface area contributed by atoms with Crippen LogP contribution in [0.25, 0.3) is 0 Å². The standard InChI is InChI=1S/C10H4F6O3/c11-9(12,13)5-2-1-4(3-17)6(8(18)19)7(5)10(14,15)16/h1-3H,(H,18,19). The fourth-order valence-electron chi connectivity index (χ4n) is 1.48. The van der Waals surface area contributed by atoms with Crippen molar-refractivity contribution in [1.29, 1.82) is 0 Å². The van der Waals surface area contributed by atoms with Crippen molar-refractivity contribution >= 4 is 12.3 Å². The lowest BCUT2D eigenvalue weighted by Crippen LogP contribution is -2.22. The highest BCUT2D eigenvalue weighted by atomic mass is 19.4. The number of aromatic carboxylic acids is 1. The Hall–Kier alpha value is -2.06. The third-order valence-electron chi connectivity index (χ3n) is 2.17. The summed E-state index contributed by atoms with van der Waals surface area (Å²) in [5.41, 5.74) is -7.22. The number of hydrogen-bond donors (Lipinski definition) is 1. The molecule has 3 nitrogen and oxygen atoms in total. The van der Waals surface area contributed by atoms with Crippen LogP contribution in [0.5, 0.6) is 0 Å². The van der Waals surface area contributed by atoms with Gasteiger partial charge in [-0.1, -0.05) is 6.07 Å². The van der Waals surface area contributed by atoms with E-state index in [2.05, 4.69) is 0 Å². The molecule has 0 aromatic heterocycles. The van der Waals surface area contributed by atoms with Gasteiger partial charge >= 0.3 is 18.3 Å². The van der Waals surface area contributed by atoms with Gasteiger partial charge in [0.2, 0.25) is 0 Å². The number of carbonyl (C=O) groups is 2. The zero-order valence-electron chi connectivity index (χ0n) is 8.76. The Balaban J connectivity index is 3.86. The second kappa shape index (κ2) is 4.56. The molecule has 1 aromatic carbocycles. The summed E-state index contributed by atoms with van der Waals surface area (Å²) in [4.78, 5) is 21.2. The Bertz CT molecular complexity index is 529. The lowest BCUT2D eigenvalue weighted by molar-refractivity contribution is -0.162. The predicted molar refractivity (Wildman–Crippen MR) is 48.8 cm³/mol. The molecule has 0 fully saturated rings. The Morgan fingerprint density at radius 3 is 1.89 bits per heavy atom. The molecule has 0 amide bonds. The van der Waals surface area contributed by atoms with E-state index in [4.69, 9.17) is 5.11 Å². The van der Waals surface area contributed by atoms with Gasteiger partial charge in [0.05, 0.1) is 16.7 Å². The first-order valence-electron chi connectivity index (χ1n) is 4.50. The molecule has 0 radical (unpaired) electrons. The van der Waals surface area contributed by atoms with E-state index < -0.39 is 40.6 Å². The minimum absolute atomic E-state index is 0.0268. The van der Waals surface area contributed by atoms with Gasteiger partial charge in [-0.05, 0) is 6.07 Å². The van der Waals surface area contributed by atoms with Crippen LogP contribution in [0.3, 0.4) is 0 Å². The molecular formula is C10H4F6O3. The van der Waals surface area contributed by atoms with Crippen molar-refractivity contribution in [2.24, 2.45) is 0 Å². The molecule has 0 atom stereocenters. The predicted octanol–water partition coefficient (Wildman–Crippen LogP) is 3.23. The molecule has 1 aromatic rings. The first-order chi connectivity index (χ1) is 8.50. The molecule has 19 heavy (non-hydrogen) atoms. The molecule has 1 rings (SSSR count). The minimum Gasteiger partial charge on any atom is -0.478 e. The maximum Gasteiger partial charge on any atom is 0.417 e. The molecule has 0 heterocycles. The van der Waals surface area contributed by atoms with Crippen molar-refractivity contribution in [3.05, 3.63) is 34.4 Å². The molecule has 1 N–H and O–H groups in total. The van der Waals surface area contributed by atoms with Crippen molar-refractivity contribution in [2.75, 3.05) is 0 Å². The van der Waals surface area contributed by atoms with Crippen LogP contribution in [0.1, 0.15) is 31.8 Å². The fourth-order valence-corrected chi connectivity index (χ4v) is 1.48. The van der Waals surface area contributed by atoms with Gasteiger partial charge in [-0.25, -0.2) is 4.79 Å². The van der Waals surface area contributed by atoms with E-state index in [9.17, 15) is 35.9 Å². The molecule has 104 valence electrons. The van der Waals surface area contributed by atoms with Gasteiger partial charge in [0, 0.05) is 5.56 Å². The molecule has 0 aliphatic carbocycles. The summed E-state index contributed by atoms with van der Waals surface area (Å²) in [6, 6.07) is 0.410. The average Bonchev–Trinajstić information content (AvgIpc) is 2.24. The van der Waals surface area contributed by atoms with Gasteiger partial charge in [-0.2, -0.15) is 26.3 Å². The van der Waals surface area contributed by atoms with Gasteiger partial charge < -0.3 is 5.11 Å². The van der Waals surface area contributed by atoms with Crippen LogP contribution in [0.15, 0.2) is 12.1 Å². The normalized spacial score (nSPS) is 12.3. The smallest absolute Gasteiger partial charge is 0.417 e. The second-order valence-electron chi connectivity index (χ2n) is 3.37. The van der Waals surface area contributed by atoms with Crippen molar-refractivity contribution in [3.8, 4) is 0 Å². The van der Waals surface area contributed by atoms with Crippen molar-refractivity contribution in [1.82, 2.24) is 0 Å². The van der Waals surface area contributed by atoms with Gasteiger partial charge in [-0.3, -0.25) is 4.79 Å². The van der Waals surface area contributed by atoms with E-state index in [0.29, 0.717) is 6.07 Å². The van der Waals surface area contributed by atoms with Crippen LogP contribution < -0.4 is 0 Å². The summed E-state index contributed by atoms with van der Waals surface area (Å²) in [5, 5.41) is 8.60. The maximum absolute atomic E-state index is 12.6. The van der Waals surface area contributed by atoms with Gasteiger partial charge in [0.15, 0.2) is 6.29 Å². The van der Waals surface area contributed by atoms with Crippen LogP contribution in [-0.2, 0) is 12.4 Å². The third-order valence-corrected chi connectivity index (χ3v) is 2.17. The molecule has 0 spiro atoms.